The maximum absolute atomic E-state index is 14.0. The van der Waals surface area contributed by atoms with Crippen LogP contribution in [0.1, 0.15) is 53.3 Å². The first-order valence-electron chi connectivity index (χ1n) is 7.43. The van der Waals surface area contributed by atoms with Gasteiger partial charge in [0.15, 0.2) is 0 Å². The molecule has 2 aromatic rings. The summed E-state index contributed by atoms with van der Waals surface area (Å²) in [5.74, 6) is -0.672. The van der Waals surface area contributed by atoms with Crippen LogP contribution in [0.25, 0.3) is 10.9 Å². The van der Waals surface area contributed by atoms with Crippen LogP contribution in [0.15, 0.2) is 12.1 Å². The van der Waals surface area contributed by atoms with Crippen molar-refractivity contribution < 1.29 is 13.9 Å². The fraction of sp³-hybridized carbons (Fsp3) is 0.471. The van der Waals surface area contributed by atoms with Gasteiger partial charge in [0, 0.05) is 22.6 Å². The molecular formula is C17H20FNO2. The Hall–Kier alpha value is -1.84. The Morgan fingerprint density at radius 2 is 1.95 bits per heavy atom. The van der Waals surface area contributed by atoms with Gasteiger partial charge in [0.05, 0.1) is 12.7 Å². The summed E-state index contributed by atoms with van der Waals surface area (Å²) < 4.78 is 21.1. The molecule has 1 fully saturated rings. The van der Waals surface area contributed by atoms with Gasteiger partial charge in [-0.3, -0.25) is 0 Å². The van der Waals surface area contributed by atoms with Gasteiger partial charge < -0.3 is 9.30 Å². The molecule has 0 spiro atoms. The molecular weight excluding hydrogens is 269 g/mol. The highest BCUT2D eigenvalue weighted by atomic mass is 19.1. The van der Waals surface area contributed by atoms with Gasteiger partial charge in [-0.15, -0.1) is 0 Å². The predicted octanol–water partition coefficient (Wildman–Crippen LogP) is 4.30. The number of carbonyl (C=O) groups is 1. The molecule has 1 heterocycles. The molecule has 0 bridgehead atoms. The topological polar surface area (TPSA) is 31.2 Å². The van der Waals surface area contributed by atoms with E-state index >= 15 is 0 Å². The zero-order valence-corrected chi connectivity index (χ0v) is 12.7. The molecule has 0 aliphatic heterocycles. The zero-order valence-electron chi connectivity index (χ0n) is 12.7. The number of esters is 1. The Bertz CT molecular complexity index is 711. The number of aromatic nitrogens is 1. The maximum Gasteiger partial charge on any atom is 0.340 e. The molecule has 1 aromatic carbocycles. The predicted molar refractivity (Wildman–Crippen MR) is 80.2 cm³/mol. The van der Waals surface area contributed by atoms with Crippen molar-refractivity contribution in [1.82, 2.24) is 4.57 Å². The monoisotopic (exact) mass is 289 g/mol. The van der Waals surface area contributed by atoms with E-state index in [0.29, 0.717) is 22.6 Å². The lowest BCUT2D eigenvalue weighted by atomic mass is 10.1. The number of hydrogen-bond acceptors (Lipinski definition) is 2. The number of hydrogen-bond donors (Lipinski definition) is 0. The molecule has 0 N–H and O–H groups in total. The quantitative estimate of drug-likeness (QED) is 0.772. The van der Waals surface area contributed by atoms with Crippen molar-refractivity contribution >= 4 is 16.9 Å². The minimum absolute atomic E-state index is 0.281. The van der Waals surface area contributed by atoms with E-state index in [2.05, 4.69) is 4.57 Å². The normalized spacial score (nSPS) is 15.8. The van der Waals surface area contributed by atoms with E-state index in [1.807, 2.05) is 13.0 Å². The van der Waals surface area contributed by atoms with E-state index in [1.165, 1.54) is 26.0 Å². The Labute approximate surface area is 123 Å². The molecule has 3 nitrogen and oxygen atoms in total. The number of methoxy groups -OCH3 is 1. The number of ether oxygens (including phenoxy) is 1. The van der Waals surface area contributed by atoms with Crippen molar-refractivity contribution in [3.8, 4) is 0 Å². The van der Waals surface area contributed by atoms with Crippen LogP contribution >= 0.6 is 0 Å². The molecule has 0 radical (unpaired) electrons. The summed E-state index contributed by atoms with van der Waals surface area (Å²) in [4.78, 5) is 12.1. The molecule has 112 valence electrons. The van der Waals surface area contributed by atoms with Crippen molar-refractivity contribution in [2.75, 3.05) is 7.11 Å². The minimum atomic E-state index is -0.391. The number of halogens is 1. The first-order valence-corrected chi connectivity index (χ1v) is 7.43. The summed E-state index contributed by atoms with van der Waals surface area (Å²) in [6, 6.07) is 3.72. The van der Waals surface area contributed by atoms with E-state index in [-0.39, 0.29) is 5.82 Å². The summed E-state index contributed by atoms with van der Waals surface area (Å²) in [7, 11) is 1.37. The molecule has 3 rings (SSSR count). The smallest absolute Gasteiger partial charge is 0.340 e. The Morgan fingerprint density at radius 1 is 1.29 bits per heavy atom. The Morgan fingerprint density at radius 3 is 2.57 bits per heavy atom. The van der Waals surface area contributed by atoms with Gasteiger partial charge >= 0.3 is 5.97 Å². The number of aryl methyl sites for hydroxylation is 1. The van der Waals surface area contributed by atoms with E-state index in [1.54, 1.807) is 6.92 Å². The number of carbonyl (C=O) groups excluding carboxylic acids is 1. The van der Waals surface area contributed by atoms with Crippen molar-refractivity contribution in [2.24, 2.45) is 0 Å². The molecule has 4 heteroatoms. The molecule has 0 atom stereocenters. The summed E-state index contributed by atoms with van der Waals surface area (Å²) in [5, 5.41) is 0.661. The second-order valence-electron chi connectivity index (χ2n) is 5.88. The summed E-state index contributed by atoms with van der Waals surface area (Å²) in [5.41, 5.74) is 2.93. The Balaban J connectivity index is 2.33. The van der Waals surface area contributed by atoms with E-state index in [0.717, 1.165) is 24.1 Å². The number of benzene rings is 1. The molecule has 1 aliphatic carbocycles. The standard InChI is InChI=1S/C17H20FNO2/c1-10-8-15-13(9-14(10)18)16(17(20)21-3)11(2)19(15)12-6-4-5-7-12/h8-9,12H,4-7H2,1-3H3. The molecule has 1 aliphatic rings. The summed E-state index contributed by atoms with van der Waals surface area (Å²) in [6.07, 6.45) is 4.64. The molecule has 0 unspecified atom stereocenters. The number of fused-ring (bicyclic) bond motifs is 1. The van der Waals surface area contributed by atoms with Crippen LogP contribution in [-0.4, -0.2) is 17.6 Å². The van der Waals surface area contributed by atoms with E-state index < -0.39 is 5.97 Å². The highest BCUT2D eigenvalue weighted by Crippen LogP contribution is 2.37. The van der Waals surface area contributed by atoms with E-state index in [9.17, 15) is 9.18 Å². The van der Waals surface area contributed by atoms with Gasteiger partial charge in [0.25, 0.3) is 0 Å². The Kier molecular flexibility index (Phi) is 3.47. The van der Waals surface area contributed by atoms with Crippen molar-refractivity contribution in [1.29, 1.82) is 0 Å². The molecule has 0 amide bonds. The van der Waals surface area contributed by atoms with Crippen molar-refractivity contribution in [2.45, 2.75) is 45.6 Å². The van der Waals surface area contributed by atoms with Gasteiger partial charge in [-0.1, -0.05) is 12.8 Å². The molecule has 0 saturated heterocycles. The fourth-order valence-corrected chi connectivity index (χ4v) is 3.55. The third-order valence-electron chi connectivity index (χ3n) is 4.61. The number of nitrogens with zero attached hydrogens (tertiary/aromatic N) is 1. The SMILES string of the molecule is COC(=O)c1c(C)n(C2CCCC2)c2cc(C)c(F)cc12. The van der Waals surface area contributed by atoms with E-state index in [4.69, 9.17) is 4.74 Å². The van der Waals surface area contributed by atoms with Crippen LogP contribution in [0.4, 0.5) is 4.39 Å². The zero-order chi connectivity index (χ0) is 15.1. The molecule has 1 saturated carbocycles. The van der Waals surface area contributed by atoms with Crippen molar-refractivity contribution in [3.63, 3.8) is 0 Å². The lowest BCUT2D eigenvalue weighted by Gasteiger charge is -2.16. The van der Waals surface area contributed by atoms with Gasteiger partial charge in [0.2, 0.25) is 0 Å². The third kappa shape index (κ3) is 2.13. The van der Waals surface area contributed by atoms with Crippen LogP contribution in [0.3, 0.4) is 0 Å². The first-order chi connectivity index (χ1) is 10.0. The average Bonchev–Trinajstić information content (AvgIpc) is 3.05. The largest absolute Gasteiger partial charge is 0.465 e. The maximum atomic E-state index is 14.0. The first kappa shape index (κ1) is 14.1. The van der Waals surface area contributed by atoms with Gasteiger partial charge in [-0.25, -0.2) is 9.18 Å². The highest BCUT2D eigenvalue weighted by Gasteiger charge is 2.27. The summed E-state index contributed by atoms with van der Waals surface area (Å²) >= 11 is 0. The molecule has 21 heavy (non-hydrogen) atoms. The summed E-state index contributed by atoms with van der Waals surface area (Å²) in [6.45, 7) is 3.69. The van der Waals surface area contributed by atoms with Crippen LogP contribution in [0, 0.1) is 19.7 Å². The third-order valence-corrected chi connectivity index (χ3v) is 4.61. The minimum Gasteiger partial charge on any atom is -0.465 e. The van der Waals surface area contributed by atoms with Gasteiger partial charge in [-0.2, -0.15) is 0 Å². The van der Waals surface area contributed by atoms with Crippen LogP contribution < -0.4 is 0 Å². The van der Waals surface area contributed by atoms with Crippen molar-refractivity contribution in [3.05, 3.63) is 34.8 Å². The average molecular weight is 289 g/mol. The van der Waals surface area contributed by atoms with Gasteiger partial charge in [0.1, 0.15) is 5.82 Å². The second-order valence-corrected chi connectivity index (χ2v) is 5.88. The van der Waals surface area contributed by atoms with Crippen LogP contribution in [-0.2, 0) is 4.74 Å². The van der Waals surface area contributed by atoms with Crippen LogP contribution in [0.5, 0.6) is 0 Å². The second kappa shape index (κ2) is 5.17. The molecule has 1 aromatic heterocycles. The lowest BCUT2D eigenvalue weighted by molar-refractivity contribution is 0.0601. The number of rotatable bonds is 2. The van der Waals surface area contributed by atoms with Gasteiger partial charge in [-0.05, 0) is 44.4 Å². The highest BCUT2D eigenvalue weighted by molar-refractivity contribution is 6.06. The lowest BCUT2D eigenvalue weighted by Crippen LogP contribution is -2.09. The van der Waals surface area contributed by atoms with Crippen LogP contribution in [0.2, 0.25) is 0 Å². The fourth-order valence-electron chi connectivity index (χ4n) is 3.55.